The third-order valence-corrected chi connectivity index (χ3v) is 2.61. The van der Waals surface area contributed by atoms with Gasteiger partial charge in [-0.25, -0.2) is 0 Å². The minimum absolute atomic E-state index is 0.186. The fourth-order valence-electron chi connectivity index (χ4n) is 1.69. The molecule has 68 valence electrons. The van der Waals surface area contributed by atoms with Crippen LogP contribution in [-0.2, 0) is 0 Å². The first-order valence-corrected chi connectivity index (χ1v) is 4.51. The second-order valence-corrected chi connectivity index (χ2v) is 3.51. The molecule has 0 aromatic rings. The average molecular weight is 168 g/mol. The number of rotatable bonds is 2. The lowest BCUT2D eigenvalue weighted by molar-refractivity contribution is 0.0760. The standard InChI is InChI=1S/C9H16N2O/c1-8(12)9-2-5-11(6-3-9)7-4-10/h8-9,12H,2-3,5-7H2,1H3. The van der Waals surface area contributed by atoms with E-state index in [2.05, 4.69) is 11.0 Å². The number of nitriles is 1. The Hall–Kier alpha value is -0.590. The molecule has 0 radical (unpaired) electrons. The molecule has 1 aliphatic heterocycles. The zero-order chi connectivity index (χ0) is 8.97. The van der Waals surface area contributed by atoms with Gasteiger partial charge in [-0.2, -0.15) is 5.26 Å². The molecular formula is C9H16N2O. The fraction of sp³-hybridized carbons (Fsp3) is 0.889. The zero-order valence-electron chi connectivity index (χ0n) is 7.53. The highest BCUT2D eigenvalue weighted by Gasteiger charge is 2.21. The first-order valence-electron chi connectivity index (χ1n) is 4.51. The van der Waals surface area contributed by atoms with Gasteiger partial charge in [-0.3, -0.25) is 4.90 Å². The molecule has 12 heavy (non-hydrogen) atoms. The normalized spacial score (nSPS) is 23.4. The molecular weight excluding hydrogens is 152 g/mol. The van der Waals surface area contributed by atoms with E-state index in [0.29, 0.717) is 12.5 Å². The monoisotopic (exact) mass is 168 g/mol. The third kappa shape index (κ3) is 2.47. The van der Waals surface area contributed by atoms with Crippen LogP contribution in [0.15, 0.2) is 0 Å². The molecule has 3 heteroatoms. The van der Waals surface area contributed by atoms with Crippen LogP contribution in [0.4, 0.5) is 0 Å². The molecule has 1 fully saturated rings. The van der Waals surface area contributed by atoms with Crippen molar-refractivity contribution in [2.75, 3.05) is 19.6 Å². The van der Waals surface area contributed by atoms with Crippen molar-refractivity contribution in [2.24, 2.45) is 5.92 Å². The van der Waals surface area contributed by atoms with E-state index in [1.165, 1.54) is 0 Å². The lowest BCUT2D eigenvalue weighted by Crippen LogP contribution is -2.37. The number of nitrogens with zero attached hydrogens (tertiary/aromatic N) is 2. The first kappa shape index (κ1) is 9.50. The lowest BCUT2D eigenvalue weighted by atomic mass is 9.92. The van der Waals surface area contributed by atoms with E-state index >= 15 is 0 Å². The predicted octanol–water partition coefficient (Wildman–Crippen LogP) is 0.603. The van der Waals surface area contributed by atoms with Crippen molar-refractivity contribution in [1.29, 1.82) is 5.26 Å². The average Bonchev–Trinajstić information content (AvgIpc) is 2.06. The van der Waals surface area contributed by atoms with Gasteiger partial charge in [0, 0.05) is 0 Å². The molecule has 1 aliphatic rings. The van der Waals surface area contributed by atoms with E-state index in [1.807, 2.05) is 6.92 Å². The summed E-state index contributed by atoms with van der Waals surface area (Å²) in [7, 11) is 0. The van der Waals surface area contributed by atoms with E-state index in [9.17, 15) is 5.11 Å². The van der Waals surface area contributed by atoms with Crippen molar-refractivity contribution in [1.82, 2.24) is 4.90 Å². The van der Waals surface area contributed by atoms with E-state index in [-0.39, 0.29) is 6.10 Å². The third-order valence-electron chi connectivity index (χ3n) is 2.61. The van der Waals surface area contributed by atoms with Crippen molar-refractivity contribution in [3.8, 4) is 6.07 Å². The van der Waals surface area contributed by atoms with Crippen LogP contribution in [0.25, 0.3) is 0 Å². The second kappa shape index (κ2) is 4.44. The Bertz CT molecular complexity index is 166. The van der Waals surface area contributed by atoms with Gasteiger partial charge in [0.1, 0.15) is 0 Å². The van der Waals surface area contributed by atoms with Gasteiger partial charge < -0.3 is 5.11 Å². The van der Waals surface area contributed by atoms with Crippen molar-refractivity contribution in [2.45, 2.75) is 25.9 Å². The molecule has 1 saturated heterocycles. The summed E-state index contributed by atoms with van der Waals surface area (Å²) in [5.41, 5.74) is 0. The topological polar surface area (TPSA) is 47.3 Å². The Kier molecular flexibility index (Phi) is 3.51. The highest BCUT2D eigenvalue weighted by Crippen LogP contribution is 2.19. The van der Waals surface area contributed by atoms with E-state index in [1.54, 1.807) is 0 Å². The molecule has 0 aromatic heterocycles. The molecule has 1 N–H and O–H groups in total. The summed E-state index contributed by atoms with van der Waals surface area (Å²) in [4.78, 5) is 2.14. The van der Waals surface area contributed by atoms with Gasteiger partial charge in [0.15, 0.2) is 0 Å². The summed E-state index contributed by atoms with van der Waals surface area (Å²) < 4.78 is 0. The Morgan fingerprint density at radius 3 is 2.58 bits per heavy atom. The van der Waals surface area contributed by atoms with Crippen LogP contribution in [0.3, 0.4) is 0 Å². The molecule has 0 spiro atoms. The summed E-state index contributed by atoms with van der Waals surface area (Å²) in [6, 6.07) is 2.14. The van der Waals surface area contributed by atoms with Crippen LogP contribution in [0, 0.1) is 17.2 Å². The Labute approximate surface area is 73.6 Å². The molecule has 1 rings (SSSR count). The molecule has 3 nitrogen and oxygen atoms in total. The van der Waals surface area contributed by atoms with Gasteiger partial charge in [-0.15, -0.1) is 0 Å². The number of piperidine rings is 1. The van der Waals surface area contributed by atoms with Gasteiger partial charge in [-0.05, 0) is 38.8 Å². The number of aliphatic hydroxyl groups is 1. The van der Waals surface area contributed by atoms with Crippen molar-refractivity contribution in [3.63, 3.8) is 0 Å². The maximum Gasteiger partial charge on any atom is 0.0865 e. The van der Waals surface area contributed by atoms with Gasteiger partial charge in [0.2, 0.25) is 0 Å². The lowest BCUT2D eigenvalue weighted by Gasteiger charge is -2.31. The van der Waals surface area contributed by atoms with E-state index in [4.69, 9.17) is 5.26 Å². The van der Waals surface area contributed by atoms with Gasteiger partial charge in [-0.1, -0.05) is 0 Å². The zero-order valence-corrected chi connectivity index (χ0v) is 7.53. The molecule has 0 aliphatic carbocycles. The number of hydrogen-bond acceptors (Lipinski definition) is 3. The SMILES string of the molecule is CC(O)C1CCN(CC#N)CC1. The highest BCUT2D eigenvalue weighted by molar-refractivity contribution is 4.81. The molecule has 0 aromatic carbocycles. The summed E-state index contributed by atoms with van der Waals surface area (Å²) >= 11 is 0. The number of hydrogen-bond donors (Lipinski definition) is 1. The number of likely N-dealkylation sites (tertiary alicyclic amines) is 1. The van der Waals surface area contributed by atoms with E-state index in [0.717, 1.165) is 25.9 Å². The Morgan fingerprint density at radius 2 is 2.17 bits per heavy atom. The summed E-state index contributed by atoms with van der Waals surface area (Å²) in [5, 5.41) is 17.8. The maximum absolute atomic E-state index is 9.31. The summed E-state index contributed by atoms with van der Waals surface area (Å²) in [5.74, 6) is 0.444. The Balaban J connectivity index is 2.26. The summed E-state index contributed by atoms with van der Waals surface area (Å²) in [6.07, 6.45) is 1.87. The molecule has 1 unspecified atom stereocenters. The minimum Gasteiger partial charge on any atom is -0.393 e. The molecule has 0 saturated carbocycles. The number of aliphatic hydroxyl groups excluding tert-OH is 1. The molecule has 1 atom stereocenters. The van der Waals surface area contributed by atoms with Gasteiger partial charge in [0.25, 0.3) is 0 Å². The quantitative estimate of drug-likeness (QED) is 0.614. The van der Waals surface area contributed by atoms with Crippen molar-refractivity contribution in [3.05, 3.63) is 0 Å². The van der Waals surface area contributed by atoms with Crippen molar-refractivity contribution >= 4 is 0 Å². The molecule has 0 bridgehead atoms. The fourth-order valence-corrected chi connectivity index (χ4v) is 1.69. The van der Waals surface area contributed by atoms with Crippen LogP contribution >= 0.6 is 0 Å². The largest absolute Gasteiger partial charge is 0.393 e. The second-order valence-electron chi connectivity index (χ2n) is 3.51. The van der Waals surface area contributed by atoms with Crippen molar-refractivity contribution < 1.29 is 5.11 Å². The van der Waals surface area contributed by atoms with Crippen LogP contribution in [-0.4, -0.2) is 35.7 Å². The minimum atomic E-state index is -0.186. The summed E-state index contributed by atoms with van der Waals surface area (Å²) in [6.45, 7) is 4.31. The Morgan fingerprint density at radius 1 is 1.58 bits per heavy atom. The van der Waals surface area contributed by atoms with Crippen LogP contribution in [0.5, 0.6) is 0 Å². The van der Waals surface area contributed by atoms with E-state index < -0.39 is 0 Å². The highest BCUT2D eigenvalue weighted by atomic mass is 16.3. The smallest absolute Gasteiger partial charge is 0.0865 e. The molecule has 0 amide bonds. The molecule has 1 heterocycles. The van der Waals surface area contributed by atoms with Crippen LogP contribution in [0.1, 0.15) is 19.8 Å². The van der Waals surface area contributed by atoms with Gasteiger partial charge >= 0.3 is 0 Å². The maximum atomic E-state index is 9.31. The van der Waals surface area contributed by atoms with Crippen LogP contribution < -0.4 is 0 Å². The van der Waals surface area contributed by atoms with Crippen LogP contribution in [0.2, 0.25) is 0 Å². The van der Waals surface area contributed by atoms with Gasteiger partial charge in [0.05, 0.1) is 18.7 Å². The predicted molar refractivity (Wildman–Crippen MR) is 46.5 cm³/mol. The first-order chi connectivity index (χ1) is 5.74.